The minimum atomic E-state index is -4.64. The second kappa shape index (κ2) is 2.94. The number of nitrogens with two attached hydrogens (primary N) is 1. The monoisotopic (exact) mass is 166 g/mol. The number of hydrogen-bond acceptors (Lipinski definition) is 3. The van der Waals surface area contributed by atoms with E-state index in [1.165, 1.54) is 0 Å². The van der Waals surface area contributed by atoms with Crippen molar-refractivity contribution in [2.75, 3.05) is 0 Å². The second-order valence-corrected chi connectivity index (χ2v) is 2.86. The first-order chi connectivity index (χ1) is 4.39. The van der Waals surface area contributed by atoms with Crippen LogP contribution in [0.15, 0.2) is 12.7 Å². The van der Waals surface area contributed by atoms with Crippen LogP contribution in [0, 0.1) is 0 Å². The molecule has 10 heavy (non-hydrogen) atoms. The molecule has 0 rings (SSSR count). The minimum Gasteiger partial charge on any atom is -0.307 e. The fourth-order valence-corrected chi connectivity index (χ4v) is 0.560. The molecule has 0 aromatic rings. The van der Waals surface area contributed by atoms with Gasteiger partial charge in [-0.2, -0.15) is 4.78 Å². The van der Waals surface area contributed by atoms with Gasteiger partial charge in [-0.1, -0.05) is 6.58 Å². The van der Waals surface area contributed by atoms with E-state index in [4.69, 9.17) is 9.79 Å². The molecule has 0 heterocycles. The number of nitrogens with zero attached hydrogens (tertiary/aromatic N) is 1. The van der Waals surface area contributed by atoms with Crippen LogP contribution in [0.2, 0.25) is 0 Å². The zero-order chi connectivity index (χ0) is 8.36. The first-order valence-electron chi connectivity index (χ1n) is 2.17. The highest BCUT2D eigenvalue weighted by atomic mass is 31.2. The number of rotatable bonds is 2. The molecule has 6 nitrogen and oxygen atoms in total. The Kier molecular flexibility index (Phi) is 2.74. The molecule has 0 aromatic carbocycles. The lowest BCUT2D eigenvalue weighted by Crippen LogP contribution is -2.32. The van der Waals surface area contributed by atoms with Crippen molar-refractivity contribution in [1.82, 2.24) is 4.78 Å². The predicted octanol–water partition coefficient (Wildman–Crippen LogP) is -1.03. The smallest absolute Gasteiger partial charge is 0.307 e. The Morgan fingerprint density at radius 2 is 2.10 bits per heavy atom. The average molecular weight is 166 g/mol. The number of hydrazine groups is 1. The summed E-state index contributed by atoms with van der Waals surface area (Å²) in [5, 5.41) is 0. The van der Waals surface area contributed by atoms with Crippen LogP contribution in [0.5, 0.6) is 0 Å². The van der Waals surface area contributed by atoms with Crippen LogP contribution in [0.25, 0.3) is 0 Å². The van der Waals surface area contributed by atoms with Crippen molar-refractivity contribution in [2.24, 2.45) is 5.84 Å². The van der Waals surface area contributed by atoms with Crippen molar-refractivity contribution in [1.29, 1.82) is 0 Å². The minimum absolute atomic E-state index is 0.181. The van der Waals surface area contributed by atoms with E-state index in [2.05, 4.69) is 12.4 Å². The molecule has 0 saturated carbocycles. The van der Waals surface area contributed by atoms with E-state index < -0.39 is 13.7 Å². The third kappa shape index (κ3) is 2.28. The molecule has 0 bridgehead atoms. The Morgan fingerprint density at radius 1 is 1.70 bits per heavy atom. The predicted molar refractivity (Wildman–Crippen MR) is 33.3 cm³/mol. The standard InChI is InChI=1S/C3H7N2O4P/c1-2-3(6)5(4)10(7,8)9/h2H,1,4H2,(H2,7,8,9). The first-order valence-corrected chi connectivity index (χ1v) is 3.73. The molecular weight excluding hydrogens is 159 g/mol. The summed E-state index contributed by atoms with van der Waals surface area (Å²) in [6.45, 7) is 2.98. The van der Waals surface area contributed by atoms with Crippen LogP contribution in [-0.2, 0) is 9.36 Å². The largest absolute Gasteiger partial charge is 0.446 e. The lowest BCUT2D eigenvalue weighted by atomic mass is 10.6. The van der Waals surface area contributed by atoms with Crippen LogP contribution in [-0.4, -0.2) is 20.5 Å². The van der Waals surface area contributed by atoms with E-state index in [1.807, 2.05) is 0 Å². The summed E-state index contributed by atoms with van der Waals surface area (Å²) in [5.74, 6) is 3.63. The Labute approximate surface area is 57.1 Å². The lowest BCUT2D eigenvalue weighted by molar-refractivity contribution is -0.122. The summed E-state index contributed by atoms with van der Waals surface area (Å²) in [5.41, 5.74) is 0. The van der Waals surface area contributed by atoms with E-state index in [1.54, 1.807) is 0 Å². The number of hydrogen-bond donors (Lipinski definition) is 3. The maximum Gasteiger partial charge on any atom is 0.446 e. The van der Waals surface area contributed by atoms with E-state index in [0.29, 0.717) is 6.08 Å². The molecule has 0 aliphatic rings. The summed E-state index contributed by atoms with van der Waals surface area (Å²) in [4.78, 5) is 26.8. The highest BCUT2D eigenvalue weighted by molar-refractivity contribution is 7.49. The van der Waals surface area contributed by atoms with Gasteiger partial charge in [-0.25, -0.2) is 10.4 Å². The summed E-state index contributed by atoms with van der Waals surface area (Å²) in [6.07, 6.45) is 0.707. The van der Waals surface area contributed by atoms with Crippen molar-refractivity contribution in [3.05, 3.63) is 12.7 Å². The van der Waals surface area contributed by atoms with Crippen molar-refractivity contribution in [3.8, 4) is 0 Å². The Bertz CT molecular complexity index is 197. The van der Waals surface area contributed by atoms with Crippen LogP contribution < -0.4 is 5.84 Å². The molecule has 4 N–H and O–H groups in total. The number of amides is 1. The zero-order valence-corrected chi connectivity index (χ0v) is 5.86. The van der Waals surface area contributed by atoms with E-state index >= 15 is 0 Å². The molecule has 0 unspecified atom stereocenters. The van der Waals surface area contributed by atoms with Crippen molar-refractivity contribution in [2.45, 2.75) is 0 Å². The Hall–Kier alpha value is -0.680. The van der Waals surface area contributed by atoms with Gasteiger partial charge >= 0.3 is 7.75 Å². The summed E-state index contributed by atoms with van der Waals surface area (Å²) >= 11 is 0. The van der Waals surface area contributed by atoms with E-state index in [0.717, 1.165) is 0 Å². The second-order valence-electron chi connectivity index (χ2n) is 1.40. The molecule has 7 heteroatoms. The van der Waals surface area contributed by atoms with Crippen LogP contribution in [0.3, 0.4) is 0 Å². The van der Waals surface area contributed by atoms with Gasteiger partial charge in [0.2, 0.25) is 0 Å². The molecule has 1 amide bonds. The van der Waals surface area contributed by atoms with Crippen LogP contribution >= 0.6 is 7.75 Å². The van der Waals surface area contributed by atoms with Gasteiger partial charge < -0.3 is 9.79 Å². The lowest BCUT2D eigenvalue weighted by Gasteiger charge is -2.14. The van der Waals surface area contributed by atoms with E-state index in [-0.39, 0.29) is 4.78 Å². The third-order valence-electron chi connectivity index (χ3n) is 0.681. The number of carbonyl (C=O) groups is 1. The topological polar surface area (TPSA) is 104 Å². The zero-order valence-electron chi connectivity index (χ0n) is 4.97. The van der Waals surface area contributed by atoms with Gasteiger partial charge in [-0.15, -0.1) is 0 Å². The molecule has 58 valence electrons. The quantitative estimate of drug-likeness (QED) is 0.160. The molecule has 0 radical (unpaired) electrons. The Balaban J connectivity index is 4.37. The number of carbonyl (C=O) groups excluding carboxylic acids is 1. The Morgan fingerprint density at radius 3 is 2.20 bits per heavy atom. The van der Waals surface area contributed by atoms with Gasteiger partial charge in [0.1, 0.15) is 0 Å². The van der Waals surface area contributed by atoms with Crippen molar-refractivity contribution in [3.63, 3.8) is 0 Å². The van der Waals surface area contributed by atoms with Gasteiger partial charge in [0, 0.05) is 0 Å². The molecule has 0 aromatic heterocycles. The fraction of sp³-hybridized carbons (Fsp3) is 0. The first kappa shape index (κ1) is 9.32. The molecule has 0 fully saturated rings. The van der Waals surface area contributed by atoms with Crippen molar-refractivity contribution < 1.29 is 19.1 Å². The van der Waals surface area contributed by atoms with Crippen LogP contribution in [0.1, 0.15) is 0 Å². The summed E-state index contributed by atoms with van der Waals surface area (Å²) in [7, 11) is -4.64. The fourth-order valence-electron chi connectivity index (χ4n) is 0.222. The van der Waals surface area contributed by atoms with Gasteiger partial charge in [0.05, 0.1) is 0 Å². The van der Waals surface area contributed by atoms with Gasteiger partial charge in [-0.3, -0.25) is 4.79 Å². The summed E-state index contributed by atoms with van der Waals surface area (Å²) in [6, 6.07) is 0. The maximum absolute atomic E-state index is 10.3. The molecule has 0 spiro atoms. The van der Waals surface area contributed by atoms with E-state index in [9.17, 15) is 9.36 Å². The summed E-state index contributed by atoms with van der Waals surface area (Å²) < 4.78 is 9.98. The molecule has 0 aliphatic heterocycles. The normalized spacial score (nSPS) is 10.7. The SMILES string of the molecule is C=CC(=O)N(N)P(=O)(O)O. The molecule has 0 saturated heterocycles. The maximum atomic E-state index is 10.3. The van der Waals surface area contributed by atoms with Gasteiger partial charge in [0.25, 0.3) is 5.91 Å². The van der Waals surface area contributed by atoms with Crippen molar-refractivity contribution >= 4 is 13.7 Å². The third-order valence-corrected chi connectivity index (χ3v) is 1.44. The highest BCUT2D eigenvalue weighted by Gasteiger charge is 2.25. The average Bonchev–Trinajstić information content (AvgIpc) is 1.83. The highest BCUT2D eigenvalue weighted by Crippen LogP contribution is 2.36. The van der Waals surface area contributed by atoms with Crippen LogP contribution in [0.4, 0.5) is 0 Å². The molecule has 0 aliphatic carbocycles. The van der Waals surface area contributed by atoms with Gasteiger partial charge in [0.15, 0.2) is 0 Å². The molecule has 0 atom stereocenters. The molecular formula is C3H7N2O4P. The van der Waals surface area contributed by atoms with Gasteiger partial charge in [-0.05, 0) is 6.08 Å².